The van der Waals surface area contributed by atoms with Crippen LogP contribution in [0, 0.1) is 0 Å². The zero-order chi connectivity index (χ0) is 16.4. The van der Waals surface area contributed by atoms with Crippen LogP contribution in [0.2, 0.25) is 0 Å². The molecule has 1 amide bonds. The van der Waals surface area contributed by atoms with Crippen LogP contribution < -0.4 is 10.3 Å². The lowest BCUT2D eigenvalue weighted by Crippen LogP contribution is -2.23. The van der Waals surface area contributed by atoms with Gasteiger partial charge in [0.25, 0.3) is 5.91 Å². The first-order valence-electron chi connectivity index (χ1n) is 7.42. The molecule has 4 nitrogen and oxygen atoms in total. The first-order valence-corrected chi connectivity index (χ1v) is 8.30. The Morgan fingerprint density at radius 2 is 2.04 bits per heavy atom. The monoisotopic (exact) mass is 325 g/mol. The van der Waals surface area contributed by atoms with Crippen LogP contribution in [-0.4, -0.2) is 19.2 Å². The van der Waals surface area contributed by atoms with E-state index < -0.39 is 0 Å². The van der Waals surface area contributed by atoms with Crippen molar-refractivity contribution in [1.29, 1.82) is 0 Å². The Bertz CT molecular complexity index is 775. The Hall–Kier alpha value is -2.40. The van der Waals surface area contributed by atoms with E-state index in [2.05, 4.69) is 54.5 Å². The SMILES string of the molecule is CN1C(=CC=NNC(=O)c2cccs2)C(C)(C)c2ccccc21. The summed E-state index contributed by atoms with van der Waals surface area (Å²) in [5, 5.41) is 5.90. The van der Waals surface area contributed by atoms with Crippen LogP contribution in [0.15, 0.2) is 58.7 Å². The fourth-order valence-corrected chi connectivity index (χ4v) is 3.58. The van der Waals surface area contributed by atoms with E-state index in [4.69, 9.17) is 0 Å². The van der Waals surface area contributed by atoms with Crippen molar-refractivity contribution in [3.63, 3.8) is 0 Å². The molecule has 0 spiro atoms. The lowest BCUT2D eigenvalue weighted by Gasteiger charge is -2.23. The van der Waals surface area contributed by atoms with Crippen LogP contribution in [0.4, 0.5) is 5.69 Å². The van der Waals surface area contributed by atoms with Crippen molar-refractivity contribution in [3.8, 4) is 0 Å². The van der Waals surface area contributed by atoms with Gasteiger partial charge in [0.2, 0.25) is 0 Å². The van der Waals surface area contributed by atoms with Gasteiger partial charge < -0.3 is 4.90 Å². The fourth-order valence-electron chi connectivity index (χ4n) is 2.97. The number of allylic oxidation sites excluding steroid dienone is 2. The molecule has 2 heterocycles. The number of carbonyl (C=O) groups is 1. The Morgan fingerprint density at radius 1 is 1.26 bits per heavy atom. The van der Waals surface area contributed by atoms with Crippen molar-refractivity contribution in [2.45, 2.75) is 19.3 Å². The average Bonchev–Trinajstić information content (AvgIpc) is 3.13. The van der Waals surface area contributed by atoms with E-state index in [1.165, 1.54) is 22.6 Å². The van der Waals surface area contributed by atoms with Gasteiger partial charge >= 0.3 is 0 Å². The number of benzene rings is 1. The summed E-state index contributed by atoms with van der Waals surface area (Å²) in [5.74, 6) is -0.183. The van der Waals surface area contributed by atoms with Crippen LogP contribution in [0.3, 0.4) is 0 Å². The summed E-state index contributed by atoms with van der Waals surface area (Å²) in [6.45, 7) is 4.39. The fraction of sp³-hybridized carbons (Fsp3) is 0.222. The van der Waals surface area contributed by atoms with Crippen molar-refractivity contribution >= 4 is 29.1 Å². The molecule has 0 saturated carbocycles. The molecular formula is C18H19N3OS. The summed E-state index contributed by atoms with van der Waals surface area (Å²) in [6.07, 6.45) is 3.60. The molecule has 23 heavy (non-hydrogen) atoms. The minimum Gasteiger partial charge on any atom is -0.347 e. The van der Waals surface area contributed by atoms with Crippen molar-refractivity contribution in [1.82, 2.24) is 5.43 Å². The highest BCUT2D eigenvalue weighted by Gasteiger charge is 2.37. The minimum absolute atomic E-state index is 0.0882. The van der Waals surface area contributed by atoms with Crippen molar-refractivity contribution in [2.24, 2.45) is 5.10 Å². The molecule has 0 atom stereocenters. The summed E-state index contributed by atoms with van der Waals surface area (Å²) >= 11 is 1.40. The van der Waals surface area contributed by atoms with E-state index in [1.54, 1.807) is 12.3 Å². The van der Waals surface area contributed by atoms with E-state index in [0.29, 0.717) is 4.88 Å². The number of amides is 1. The first kappa shape index (κ1) is 15.5. The number of rotatable bonds is 3. The molecule has 1 aliphatic heterocycles. The summed E-state index contributed by atoms with van der Waals surface area (Å²) < 4.78 is 0. The third kappa shape index (κ3) is 2.80. The third-order valence-electron chi connectivity index (χ3n) is 4.16. The molecule has 3 rings (SSSR count). The molecule has 1 aromatic heterocycles. The molecule has 0 unspecified atom stereocenters. The maximum atomic E-state index is 11.8. The number of thiophene rings is 1. The molecule has 118 valence electrons. The molecule has 0 bridgehead atoms. The molecule has 0 aliphatic carbocycles. The molecule has 1 aromatic carbocycles. The summed E-state index contributed by atoms with van der Waals surface area (Å²) in [4.78, 5) is 14.6. The second-order valence-corrected chi connectivity index (χ2v) is 6.90. The topological polar surface area (TPSA) is 44.7 Å². The number of nitrogens with zero attached hydrogens (tertiary/aromatic N) is 2. The summed E-state index contributed by atoms with van der Waals surface area (Å²) in [6, 6.07) is 12.0. The van der Waals surface area contributed by atoms with E-state index in [1.807, 2.05) is 23.6 Å². The second kappa shape index (κ2) is 6.01. The van der Waals surface area contributed by atoms with Gasteiger partial charge in [-0.15, -0.1) is 11.3 Å². The quantitative estimate of drug-likeness (QED) is 0.689. The molecular weight excluding hydrogens is 306 g/mol. The number of anilines is 1. The first-order chi connectivity index (χ1) is 11.0. The number of fused-ring (bicyclic) bond motifs is 1. The van der Waals surface area contributed by atoms with Crippen molar-refractivity contribution in [3.05, 3.63) is 64.0 Å². The Morgan fingerprint density at radius 3 is 2.74 bits per heavy atom. The van der Waals surface area contributed by atoms with E-state index in [-0.39, 0.29) is 11.3 Å². The van der Waals surface area contributed by atoms with Crippen LogP contribution in [0.5, 0.6) is 0 Å². The van der Waals surface area contributed by atoms with E-state index in [0.717, 1.165) is 5.70 Å². The van der Waals surface area contributed by atoms with Gasteiger partial charge in [-0.1, -0.05) is 38.1 Å². The minimum atomic E-state index is -0.183. The van der Waals surface area contributed by atoms with Crippen LogP contribution >= 0.6 is 11.3 Å². The maximum absolute atomic E-state index is 11.8. The smallest absolute Gasteiger partial charge is 0.281 e. The molecule has 2 aromatic rings. The zero-order valence-corrected chi connectivity index (χ0v) is 14.2. The number of para-hydroxylation sites is 1. The van der Waals surface area contributed by atoms with Gasteiger partial charge in [-0.25, -0.2) is 5.43 Å². The van der Waals surface area contributed by atoms with Gasteiger partial charge in [0.05, 0.1) is 4.88 Å². The molecule has 0 radical (unpaired) electrons. The standard InChI is InChI=1S/C18H19N3OS/c1-18(2)13-7-4-5-8-14(13)21(3)16(18)10-11-19-20-17(22)15-9-6-12-23-15/h4-12H,1-3H3,(H,20,22). The van der Waals surface area contributed by atoms with E-state index >= 15 is 0 Å². The molecule has 1 aliphatic rings. The predicted molar refractivity (Wildman–Crippen MR) is 96.2 cm³/mol. The number of carbonyl (C=O) groups excluding carboxylic acids is 1. The van der Waals surface area contributed by atoms with Gasteiger partial charge in [-0.2, -0.15) is 5.10 Å². The van der Waals surface area contributed by atoms with Crippen LogP contribution in [0.1, 0.15) is 29.1 Å². The number of nitrogens with one attached hydrogen (secondary N) is 1. The van der Waals surface area contributed by atoms with Crippen LogP contribution in [0.25, 0.3) is 0 Å². The van der Waals surface area contributed by atoms with Crippen LogP contribution in [-0.2, 0) is 5.41 Å². The van der Waals surface area contributed by atoms with Gasteiger partial charge in [0, 0.05) is 30.1 Å². The third-order valence-corrected chi connectivity index (χ3v) is 5.03. The highest BCUT2D eigenvalue weighted by molar-refractivity contribution is 7.12. The summed E-state index contributed by atoms with van der Waals surface area (Å²) in [5.41, 5.74) is 6.11. The van der Waals surface area contributed by atoms with Crippen molar-refractivity contribution in [2.75, 3.05) is 11.9 Å². The normalized spacial score (nSPS) is 17.7. The second-order valence-electron chi connectivity index (χ2n) is 5.95. The van der Waals surface area contributed by atoms with Gasteiger partial charge in [0.1, 0.15) is 0 Å². The Kier molecular flexibility index (Phi) is 4.05. The molecule has 5 heteroatoms. The number of hydrogen-bond acceptors (Lipinski definition) is 4. The highest BCUT2D eigenvalue weighted by Crippen LogP contribution is 2.46. The highest BCUT2D eigenvalue weighted by atomic mass is 32.1. The van der Waals surface area contributed by atoms with Gasteiger partial charge in [-0.05, 0) is 29.2 Å². The Balaban J connectivity index is 1.76. The van der Waals surface area contributed by atoms with Crippen molar-refractivity contribution < 1.29 is 4.79 Å². The summed E-state index contributed by atoms with van der Waals surface area (Å²) in [7, 11) is 2.05. The van der Waals surface area contributed by atoms with Gasteiger partial charge in [0.15, 0.2) is 0 Å². The molecule has 0 fully saturated rings. The Labute approximate surface area is 140 Å². The maximum Gasteiger partial charge on any atom is 0.281 e. The number of likely N-dealkylation sites (N-methyl/N-ethyl adjacent to an activating group) is 1. The predicted octanol–water partition coefficient (Wildman–Crippen LogP) is 3.78. The zero-order valence-electron chi connectivity index (χ0n) is 13.4. The van der Waals surface area contributed by atoms with E-state index in [9.17, 15) is 4.79 Å². The number of hydrazone groups is 1. The molecule has 0 saturated heterocycles. The average molecular weight is 325 g/mol. The molecule has 1 N–H and O–H groups in total. The lowest BCUT2D eigenvalue weighted by atomic mass is 9.84. The lowest BCUT2D eigenvalue weighted by molar-refractivity contribution is 0.0959. The largest absolute Gasteiger partial charge is 0.347 e. The number of hydrogen-bond donors (Lipinski definition) is 1. The van der Waals surface area contributed by atoms with Gasteiger partial charge in [-0.3, -0.25) is 4.79 Å².